The van der Waals surface area contributed by atoms with Gasteiger partial charge in [0.15, 0.2) is 0 Å². The highest BCUT2D eigenvalue weighted by Crippen LogP contribution is 2.30. The third kappa shape index (κ3) is 7.22. The van der Waals surface area contributed by atoms with Crippen LogP contribution >= 0.6 is 0 Å². The molecule has 28 heavy (non-hydrogen) atoms. The van der Waals surface area contributed by atoms with Gasteiger partial charge in [0.05, 0.1) is 0 Å². The molecule has 1 aromatic rings. The summed E-state index contributed by atoms with van der Waals surface area (Å²) in [4.78, 5) is 11.6. The molecule has 0 radical (unpaired) electrons. The molecule has 0 N–H and O–H groups in total. The molecule has 0 heterocycles. The summed E-state index contributed by atoms with van der Waals surface area (Å²) in [6, 6.07) is 5.50. The van der Waals surface area contributed by atoms with E-state index in [2.05, 4.69) is 31.7 Å². The van der Waals surface area contributed by atoms with Crippen molar-refractivity contribution in [3.63, 3.8) is 0 Å². The van der Waals surface area contributed by atoms with Crippen LogP contribution in [0.25, 0.3) is 6.08 Å². The normalized spacial score (nSPS) is 17.0. The van der Waals surface area contributed by atoms with Crippen LogP contribution in [0.1, 0.15) is 82.3 Å². The Bertz CT molecular complexity index is 696. The number of carbonyl (C=O) groups is 1. The fourth-order valence-electron chi connectivity index (χ4n) is 3.63. The van der Waals surface area contributed by atoms with Crippen molar-refractivity contribution in [1.29, 1.82) is 0 Å². The number of Topliss-reactive ketones (excluding diaryl/α,β-unsaturated/α-hetero) is 1. The van der Waals surface area contributed by atoms with E-state index in [0.29, 0.717) is 11.5 Å². The molecule has 1 nitrogen and oxygen atoms in total. The lowest BCUT2D eigenvalue weighted by Gasteiger charge is -2.23. The van der Waals surface area contributed by atoms with Gasteiger partial charge in [0, 0.05) is 11.5 Å². The molecule has 152 valence electrons. The summed E-state index contributed by atoms with van der Waals surface area (Å²) in [5, 5.41) is 0. The zero-order chi connectivity index (χ0) is 20.4. The number of carbonyl (C=O) groups excluding carboxylic acids is 1. The van der Waals surface area contributed by atoms with Crippen molar-refractivity contribution in [2.24, 2.45) is 11.8 Å². The Labute approximate surface area is 170 Å². The van der Waals surface area contributed by atoms with Gasteiger partial charge in [0.1, 0.15) is 11.6 Å². The number of halogens is 1. The van der Waals surface area contributed by atoms with Gasteiger partial charge < -0.3 is 0 Å². The molecule has 1 saturated carbocycles. The van der Waals surface area contributed by atoms with Crippen LogP contribution in [0.2, 0.25) is 0 Å². The number of hydrogen-bond acceptors (Lipinski definition) is 1. The van der Waals surface area contributed by atoms with Gasteiger partial charge in [0.25, 0.3) is 0 Å². The number of ketones is 1. The molecule has 1 aromatic carbocycles. The second-order valence-electron chi connectivity index (χ2n) is 8.23. The van der Waals surface area contributed by atoms with Gasteiger partial charge in [-0.05, 0) is 68.6 Å². The Morgan fingerprint density at radius 1 is 1.25 bits per heavy atom. The average molecular weight is 383 g/mol. The second kappa shape index (κ2) is 11.8. The highest BCUT2D eigenvalue weighted by molar-refractivity contribution is 5.78. The quantitative estimate of drug-likeness (QED) is 0.339. The maximum absolute atomic E-state index is 14.1. The molecule has 1 fully saturated rings. The van der Waals surface area contributed by atoms with Gasteiger partial charge in [0.2, 0.25) is 0 Å². The van der Waals surface area contributed by atoms with Gasteiger partial charge in [-0.1, -0.05) is 62.6 Å². The van der Waals surface area contributed by atoms with Crippen LogP contribution in [-0.4, -0.2) is 5.78 Å². The largest absolute Gasteiger partial charge is 0.300 e. The molecular formula is C26H35FO. The molecule has 0 amide bonds. The van der Waals surface area contributed by atoms with E-state index in [1.807, 2.05) is 24.3 Å². The first-order valence-corrected chi connectivity index (χ1v) is 10.7. The number of benzene rings is 1. The maximum atomic E-state index is 14.1. The van der Waals surface area contributed by atoms with Gasteiger partial charge in [-0.15, -0.1) is 6.58 Å². The first kappa shape index (κ1) is 22.3. The average Bonchev–Trinajstić information content (AvgIpc) is 2.63. The minimum Gasteiger partial charge on any atom is -0.300 e. The predicted octanol–water partition coefficient (Wildman–Crippen LogP) is 7.64. The monoisotopic (exact) mass is 382 g/mol. The molecule has 1 aliphatic carbocycles. The minimum atomic E-state index is -0.141. The van der Waals surface area contributed by atoms with Crippen LogP contribution in [0.3, 0.4) is 0 Å². The molecule has 2 unspecified atom stereocenters. The summed E-state index contributed by atoms with van der Waals surface area (Å²) in [5.74, 6) is 1.32. The Kier molecular flexibility index (Phi) is 9.40. The van der Waals surface area contributed by atoms with Crippen molar-refractivity contribution < 1.29 is 9.18 Å². The van der Waals surface area contributed by atoms with Crippen LogP contribution < -0.4 is 0 Å². The van der Waals surface area contributed by atoms with E-state index in [1.165, 1.54) is 24.8 Å². The van der Waals surface area contributed by atoms with E-state index in [-0.39, 0.29) is 17.5 Å². The van der Waals surface area contributed by atoms with Crippen molar-refractivity contribution in [1.82, 2.24) is 0 Å². The topological polar surface area (TPSA) is 17.1 Å². The van der Waals surface area contributed by atoms with Gasteiger partial charge in [-0.2, -0.15) is 0 Å². The van der Waals surface area contributed by atoms with Crippen LogP contribution in [0, 0.1) is 17.7 Å². The fraction of sp³-hybridized carbons (Fsp3) is 0.500. The Morgan fingerprint density at radius 2 is 2.04 bits per heavy atom. The van der Waals surface area contributed by atoms with Crippen molar-refractivity contribution in [2.45, 2.75) is 71.1 Å². The highest BCUT2D eigenvalue weighted by Gasteiger charge is 2.15. The smallest absolute Gasteiger partial charge is 0.133 e. The van der Waals surface area contributed by atoms with Crippen molar-refractivity contribution in [3.05, 3.63) is 66.0 Å². The lowest BCUT2D eigenvalue weighted by atomic mass is 9.83. The Balaban J connectivity index is 1.83. The summed E-state index contributed by atoms with van der Waals surface area (Å²) in [6.45, 7) is 7.57. The Hall–Kier alpha value is -1.96. The van der Waals surface area contributed by atoms with E-state index in [9.17, 15) is 9.18 Å². The number of rotatable bonds is 12. The molecule has 0 bridgehead atoms. The molecule has 0 spiro atoms. The third-order valence-corrected chi connectivity index (χ3v) is 5.96. The first-order chi connectivity index (χ1) is 13.5. The van der Waals surface area contributed by atoms with Crippen LogP contribution in [0.5, 0.6) is 0 Å². The fourth-order valence-corrected chi connectivity index (χ4v) is 3.63. The van der Waals surface area contributed by atoms with Crippen LogP contribution in [-0.2, 0) is 4.79 Å². The third-order valence-electron chi connectivity index (χ3n) is 5.96. The molecule has 2 heteroatoms. The summed E-state index contributed by atoms with van der Waals surface area (Å²) in [7, 11) is 0. The summed E-state index contributed by atoms with van der Waals surface area (Å²) < 4.78 is 14.1. The van der Waals surface area contributed by atoms with E-state index >= 15 is 0 Å². The summed E-state index contributed by atoms with van der Waals surface area (Å²) in [5.41, 5.74) is 1.89. The van der Waals surface area contributed by atoms with Gasteiger partial charge >= 0.3 is 0 Å². The first-order valence-electron chi connectivity index (χ1n) is 10.7. The van der Waals surface area contributed by atoms with Gasteiger partial charge in [-0.25, -0.2) is 4.39 Å². The lowest BCUT2D eigenvalue weighted by molar-refractivity contribution is -0.120. The zero-order valence-corrected chi connectivity index (χ0v) is 17.5. The molecule has 2 atom stereocenters. The van der Waals surface area contributed by atoms with E-state index in [4.69, 9.17) is 0 Å². The SMILES string of the molecule is C=CCC(C/C=C/CCC(C)c1ccc(F)c(/C=C\CC2CCC2)c1)C(C)=O. The summed E-state index contributed by atoms with van der Waals surface area (Å²) in [6.07, 6.45) is 18.7. The van der Waals surface area contributed by atoms with Crippen molar-refractivity contribution >= 4 is 11.9 Å². The zero-order valence-electron chi connectivity index (χ0n) is 17.5. The predicted molar refractivity (Wildman–Crippen MR) is 118 cm³/mol. The standard InChI is InChI=1S/C26H35FO/c1-4-10-23(21(3)28)15-7-5-6-11-20(2)24-17-18-26(27)25(19-24)16-9-14-22-12-8-13-22/h4-5,7,9,16-20,22-23H,1,6,8,10-15H2,2-3H3/b7-5+,16-9-. The molecule has 2 rings (SSSR count). The second-order valence-corrected chi connectivity index (χ2v) is 8.23. The number of allylic oxidation sites excluding steroid dienone is 4. The van der Waals surface area contributed by atoms with E-state index in [0.717, 1.165) is 38.0 Å². The van der Waals surface area contributed by atoms with E-state index < -0.39 is 0 Å². The molecule has 1 aliphatic rings. The highest BCUT2D eigenvalue weighted by atomic mass is 19.1. The maximum Gasteiger partial charge on any atom is 0.133 e. The molecule has 0 saturated heterocycles. The lowest BCUT2D eigenvalue weighted by Crippen LogP contribution is -2.08. The van der Waals surface area contributed by atoms with Gasteiger partial charge in [-0.3, -0.25) is 4.79 Å². The van der Waals surface area contributed by atoms with Crippen LogP contribution in [0.4, 0.5) is 4.39 Å². The molecular weight excluding hydrogens is 347 g/mol. The van der Waals surface area contributed by atoms with Crippen molar-refractivity contribution in [2.75, 3.05) is 0 Å². The van der Waals surface area contributed by atoms with E-state index in [1.54, 1.807) is 13.0 Å². The molecule has 0 aromatic heterocycles. The Morgan fingerprint density at radius 3 is 2.68 bits per heavy atom. The van der Waals surface area contributed by atoms with Crippen molar-refractivity contribution in [3.8, 4) is 0 Å². The minimum absolute atomic E-state index is 0.0533. The summed E-state index contributed by atoms with van der Waals surface area (Å²) >= 11 is 0. The van der Waals surface area contributed by atoms with Crippen LogP contribution in [0.15, 0.2) is 49.1 Å². The number of hydrogen-bond donors (Lipinski definition) is 0. The molecule has 0 aliphatic heterocycles.